The van der Waals surface area contributed by atoms with Gasteiger partial charge in [-0.05, 0) is 6.07 Å². The van der Waals surface area contributed by atoms with Gasteiger partial charge in [-0.15, -0.1) is 0 Å². The maximum absolute atomic E-state index is 11.5. The minimum atomic E-state index is -4.53. The van der Waals surface area contributed by atoms with Gasteiger partial charge >= 0.3 is 10.1 Å². The lowest BCUT2D eigenvalue weighted by atomic mass is 10.3. The number of hydrogen-bond donors (Lipinski definition) is 0. The molecule has 0 aliphatic heterocycles. The Kier molecular flexibility index (Phi) is 4.10. The van der Waals surface area contributed by atoms with Crippen molar-refractivity contribution < 1.29 is 22.4 Å². The fourth-order valence-electron chi connectivity index (χ4n) is 1.14. The molecule has 0 saturated carbocycles. The molecule has 0 N–H and O–H groups in total. The third-order valence-electron chi connectivity index (χ3n) is 1.90. The van der Waals surface area contributed by atoms with Crippen LogP contribution >= 0.6 is 0 Å². The van der Waals surface area contributed by atoms with Crippen molar-refractivity contribution in [2.24, 2.45) is 0 Å². The molecule has 1 aromatic carbocycles. The summed E-state index contributed by atoms with van der Waals surface area (Å²) < 4.78 is 27.3. The third-order valence-corrected chi connectivity index (χ3v) is 3.21. The van der Waals surface area contributed by atoms with Crippen LogP contribution in [0.15, 0.2) is 23.1 Å². The molecular weight excluding hydrogens is 282 g/mol. The van der Waals surface area contributed by atoms with Crippen molar-refractivity contribution in [1.29, 1.82) is 5.26 Å². The Balaban J connectivity index is 3.41. The normalized spacial score (nSPS) is 10.7. The zero-order valence-corrected chi connectivity index (χ0v) is 9.86. The van der Waals surface area contributed by atoms with E-state index < -0.39 is 42.8 Å². The van der Waals surface area contributed by atoms with Crippen molar-refractivity contribution in [3.63, 3.8) is 0 Å². The quantitative estimate of drug-likeness (QED) is 0.436. The molecule has 0 spiro atoms. The fraction of sp³-hybridized carbons (Fsp3) is 0.125. The summed E-state index contributed by atoms with van der Waals surface area (Å²) in [5.74, 6) is 0. The molecule has 100 valence electrons. The molecule has 0 radical (unpaired) electrons. The average molecular weight is 287 g/mol. The van der Waals surface area contributed by atoms with Crippen molar-refractivity contribution in [2.45, 2.75) is 4.90 Å². The minimum Gasteiger partial charge on any atom is -0.258 e. The predicted molar refractivity (Wildman–Crippen MR) is 58.5 cm³/mol. The molecule has 0 bridgehead atoms. The van der Waals surface area contributed by atoms with E-state index in [1.807, 2.05) is 0 Å². The third kappa shape index (κ3) is 3.21. The van der Waals surface area contributed by atoms with Crippen molar-refractivity contribution in [3.8, 4) is 6.07 Å². The fourth-order valence-corrected chi connectivity index (χ4v) is 2.10. The number of rotatable bonds is 5. The molecule has 0 aliphatic carbocycles. The SMILES string of the molecule is N#CCOS(=O)(=O)c1ccc([N+](=O)[O-])cc1[N+](=O)[O-]. The monoisotopic (exact) mass is 287 g/mol. The summed E-state index contributed by atoms with van der Waals surface area (Å²) in [5.41, 5.74) is -1.63. The lowest BCUT2D eigenvalue weighted by Gasteiger charge is -2.03. The van der Waals surface area contributed by atoms with E-state index in [1.165, 1.54) is 6.07 Å². The van der Waals surface area contributed by atoms with E-state index >= 15 is 0 Å². The van der Waals surface area contributed by atoms with Crippen LogP contribution < -0.4 is 0 Å². The second-order valence-corrected chi connectivity index (χ2v) is 4.62. The van der Waals surface area contributed by atoms with Gasteiger partial charge in [0, 0.05) is 6.07 Å². The summed E-state index contributed by atoms with van der Waals surface area (Å²) in [7, 11) is -4.53. The maximum Gasteiger partial charge on any atom is 0.304 e. The first kappa shape index (κ1) is 14.5. The van der Waals surface area contributed by atoms with E-state index in [0.29, 0.717) is 12.1 Å². The van der Waals surface area contributed by atoms with Crippen LogP contribution in [0.25, 0.3) is 0 Å². The van der Waals surface area contributed by atoms with Crippen LogP contribution in [-0.4, -0.2) is 24.9 Å². The van der Waals surface area contributed by atoms with Gasteiger partial charge in [-0.3, -0.25) is 24.4 Å². The largest absolute Gasteiger partial charge is 0.304 e. The number of non-ortho nitro benzene ring substituents is 1. The number of benzene rings is 1. The van der Waals surface area contributed by atoms with Gasteiger partial charge in [0.05, 0.1) is 22.0 Å². The molecule has 0 aromatic heterocycles. The highest BCUT2D eigenvalue weighted by atomic mass is 32.2. The molecule has 0 heterocycles. The maximum atomic E-state index is 11.5. The standard InChI is InChI=1S/C8H5N3O7S/c9-3-4-18-19(16,17)8-2-1-6(10(12)13)5-7(8)11(14)15/h1-2,5H,4H2. The lowest BCUT2D eigenvalue weighted by Crippen LogP contribution is -2.09. The topological polar surface area (TPSA) is 153 Å². The number of hydrogen-bond acceptors (Lipinski definition) is 8. The summed E-state index contributed by atoms with van der Waals surface area (Å²) in [6.45, 7) is -0.823. The van der Waals surface area contributed by atoms with Crippen LogP contribution in [0.2, 0.25) is 0 Å². The Labute approximate surface area is 106 Å². The molecule has 0 aliphatic rings. The lowest BCUT2D eigenvalue weighted by molar-refractivity contribution is -0.396. The first-order chi connectivity index (χ1) is 8.79. The Morgan fingerprint density at radius 3 is 2.37 bits per heavy atom. The van der Waals surface area contributed by atoms with Gasteiger partial charge in [-0.25, -0.2) is 0 Å². The van der Waals surface area contributed by atoms with E-state index in [0.717, 1.165) is 6.07 Å². The molecule has 11 heteroatoms. The minimum absolute atomic E-state index is 0.503. The van der Waals surface area contributed by atoms with Gasteiger partial charge in [-0.1, -0.05) is 0 Å². The second-order valence-electron chi connectivity index (χ2n) is 3.04. The molecule has 0 unspecified atom stereocenters. The number of nitro groups is 2. The van der Waals surface area contributed by atoms with E-state index in [4.69, 9.17) is 5.26 Å². The molecule has 1 rings (SSSR count). The van der Waals surface area contributed by atoms with Gasteiger partial charge in [0.25, 0.3) is 11.4 Å². The molecule has 1 aromatic rings. The highest BCUT2D eigenvalue weighted by Gasteiger charge is 2.29. The molecule has 0 saturated heterocycles. The van der Waals surface area contributed by atoms with Crippen LogP contribution in [0.4, 0.5) is 11.4 Å². The highest BCUT2D eigenvalue weighted by Crippen LogP contribution is 2.29. The van der Waals surface area contributed by atoms with Gasteiger partial charge < -0.3 is 0 Å². The van der Waals surface area contributed by atoms with E-state index in [-0.39, 0.29) is 0 Å². The Morgan fingerprint density at radius 2 is 1.89 bits per heavy atom. The van der Waals surface area contributed by atoms with Gasteiger partial charge in [0.2, 0.25) is 0 Å². The summed E-state index contributed by atoms with van der Waals surface area (Å²) in [6.07, 6.45) is 0. The predicted octanol–water partition coefficient (Wildman–Crippen LogP) is 0.732. The zero-order chi connectivity index (χ0) is 14.6. The van der Waals surface area contributed by atoms with Crippen molar-refractivity contribution in [3.05, 3.63) is 38.4 Å². The summed E-state index contributed by atoms with van der Waals surface area (Å²) in [4.78, 5) is 18.3. The van der Waals surface area contributed by atoms with Crippen molar-refractivity contribution in [2.75, 3.05) is 6.61 Å². The molecule has 0 atom stereocenters. The number of nitro benzene ring substituents is 2. The van der Waals surface area contributed by atoms with Crippen molar-refractivity contribution >= 4 is 21.5 Å². The Morgan fingerprint density at radius 1 is 1.26 bits per heavy atom. The molecule has 0 fully saturated rings. The highest BCUT2D eigenvalue weighted by molar-refractivity contribution is 7.87. The average Bonchev–Trinajstić information content (AvgIpc) is 2.35. The van der Waals surface area contributed by atoms with E-state index in [9.17, 15) is 28.6 Å². The van der Waals surface area contributed by atoms with Gasteiger partial charge in [0.1, 0.15) is 0 Å². The van der Waals surface area contributed by atoms with Crippen LogP contribution in [0.1, 0.15) is 0 Å². The molecule has 19 heavy (non-hydrogen) atoms. The summed E-state index contributed by atoms with van der Waals surface area (Å²) >= 11 is 0. The summed E-state index contributed by atoms with van der Waals surface area (Å²) in [6, 6.07) is 3.37. The van der Waals surface area contributed by atoms with Crippen LogP contribution in [0, 0.1) is 31.6 Å². The molecule has 0 amide bonds. The first-order valence-corrected chi connectivity index (χ1v) is 5.89. The van der Waals surface area contributed by atoms with Crippen molar-refractivity contribution in [1.82, 2.24) is 0 Å². The first-order valence-electron chi connectivity index (χ1n) is 4.49. The van der Waals surface area contributed by atoms with Gasteiger partial charge in [-0.2, -0.15) is 13.7 Å². The summed E-state index contributed by atoms with van der Waals surface area (Å²) in [5, 5.41) is 29.4. The zero-order valence-electron chi connectivity index (χ0n) is 9.05. The number of nitrogens with zero attached hydrogens (tertiary/aromatic N) is 3. The smallest absolute Gasteiger partial charge is 0.258 e. The molecular formula is C8H5N3O7S. The number of nitriles is 1. The van der Waals surface area contributed by atoms with E-state index in [2.05, 4.69) is 4.18 Å². The van der Waals surface area contributed by atoms with Crippen LogP contribution in [0.3, 0.4) is 0 Å². The Hall–Kier alpha value is -2.58. The van der Waals surface area contributed by atoms with Gasteiger partial charge in [0.15, 0.2) is 11.5 Å². The Bertz CT molecular complexity index is 676. The second kappa shape index (κ2) is 5.38. The van der Waals surface area contributed by atoms with Crippen LogP contribution in [0.5, 0.6) is 0 Å². The van der Waals surface area contributed by atoms with E-state index in [1.54, 1.807) is 0 Å². The molecule has 10 nitrogen and oxygen atoms in total. The van der Waals surface area contributed by atoms with Crippen LogP contribution in [-0.2, 0) is 14.3 Å².